The Bertz CT molecular complexity index is 1080. The van der Waals surface area contributed by atoms with Crippen LogP contribution in [0.4, 0.5) is 0 Å². The number of thiazole rings is 1. The van der Waals surface area contributed by atoms with Gasteiger partial charge in [-0.25, -0.2) is 9.78 Å². The van der Waals surface area contributed by atoms with Gasteiger partial charge in [0.05, 0.1) is 5.56 Å². The van der Waals surface area contributed by atoms with Gasteiger partial charge >= 0.3 is 5.97 Å². The van der Waals surface area contributed by atoms with E-state index in [4.69, 9.17) is 25.2 Å². The van der Waals surface area contributed by atoms with Crippen LogP contribution >= 0.6 is 22.9 Å². The molecule has 4 heterocycles. The number of hydrogen-bond acceptors (Lipinski definition) is 8. The topological polar surface area (TPSA) is 95.7 Å². The van der Waals surface area contributed by atoms with Gasteiger partial charge in [-0.2, -0.15) is 0 Å². The molecule has 25 heavy (non-hydrogen) atoms. The van der Waals surface area contributed by atoms with Crippen molar-refractivity contribution in [2.24, 2.45) is 0 Å². The summed E-state index contributed by atoms with van der Waals surface area (Å²) in [4.78, 5) is 17.0. The maximum absolute atomic E-state index is 12.3. The molecule has 128 valence electrons. The first kappa shape index (κ1) is 15.9. The molecule has 8 nitrogen and oxygen atoms in total. The average Bonchev–Trinajstić information content (AvgIpc) is 3.29. The number of carbonyl (C=O) groups excluding carboxylic acids is 1. The first-order valence-corrected chi connectivity index (χ1v) is 8.46. The van der Waals surface area contributed by atoms with Gasteiger partial charge in [0.2, 0.25) is 0 Å². The summed E-state index contributed by atoms with van der Waals surface area (Å²) in [5, 5.41) is 9.72. The van der Waals surface area contributed by atoms with Gasteiger partial charge in [0.1, 0.15) is 11.5 Å². The third-order valence-corrected chi connectivity index (χ3v) is 4.50. The van der Waals surface area contributed by atoms with E-state index in [1.54, 1.807) is 29.0 Å². The monoisotopic (exact) mass is 378 g/mol. The Kier molecular flexibility index (Phi) is 3.81. The fourth-order valence-corrected chi connectivity index (χ4v) is 3.41. The summed E-state index contributed by atoms with van der Waals surface area (Å²) in [6, 6.07) is 1.80. The molecule has 0 bridgehead atoms. The molecule has 0 aliphatic heterocycles. The maximum atomic E-state index is 12.3. The molecule has 0 aliphatic carbocycles. The molecule has 4 aromatic rings. The van der Waals surface area contributed by atoms with Crippen molar-refractivity contribution in [3.8, 4) is 11.5 Å². The Labute approximate surface area is 150 Å². The largest absolute Gasteiger partial charge is 0.466 e. The number of aromatic nitrogens is 4. The summed E-state index contributed by atoms with van der Waals surface area (Å²) in [6.07, 6.45) is 1.70. The number of esters is 1. The van der Waals surface area contributed by atoms with E-state index in [-0.39, 0.29) is 23.3 Å². The van der Waals surface area contributed by atoms with Crippen molar-refractivity contribution in [2.75, 3.05) is 0 Å². The minimum absolute atomic E-state index is 0.0903. The smallest absolute Gasteiger partial charge is 0.359 e. The van der Waals surface area contributed by atoms with Crippen molar-refractivity contribution in [2.45, 2.75) is 20.5 Å². The fourth-order valence-electron chi connectivity index (χ4n) is 2.40. The van der Waals surface area contributed by atoms with Crippen LogP contribution in [-0.4, -0.2) is 25.6 Å². The molecule has 0 unspecified atom stereocenters. The van der Waals surface area contributed by atoms with E-state index < -0.39 is 5.97 Å². The average molecular weight is 379 g/mol. The number of halogens is 1. The molecule has 0 radical (unpaired) electrons. The molecule has 10 heteroatoms. The Morgan fingerprint density at radius 1 is 1.36 bits per heavy atom. The second-order valence-corrected chi connectivity index (χ2v) is 6.44. The first-order valence-electron chi connectivity index (χ1n) is 7.21. The number of aryl methyl sites for hydroxylation is 2. The van der Waals surface area contributed by atoms with E-state index in [2.05, 4.69) is 15.2 Å². The highest BCUT2D eigenvalue weighted by Crippen LogP contribution is 2.26. The van der Waals surface area contributed by atoms with E-state index in [1.807, 2.05) is 6.92 Å². The quantitative estimate of drug-likeness (QED) is 0.500. The lowest BCUT2D eigenvalue weighted by Crippen LogP contribution is -2.08. The highest BCUT2D eigenvalue weighted by molar-refractivity contribution is 7.15. The van der Waals surface area contributed by atoms with Gasteiger partial charge in [-0.05, 0) is 19.9 Å². The number of carbonyl (C=O) groups is 1. The fraction of sp³-hybridized carbons (Fsp3) is 0.200. The zero-order chi connectivity index (χ0) is 17.6. The summed E-state index contributed by atoms with van der Waals surface area (Å²) in [5.41, 5.74) is 0.875. The first-order chi connectivity index (χ1) is 12.0. The highest BCUT2D eigenvalue weighted by atomic mass is 35.5. The third kappa shape index (κ3) is 2.81. The van der Waals surface area contributed by atoms with E-state index in [0.717, 1.165) is 5.76 Å². The zero-order valence-corrected chi connectivity index (χ0v) is 14.7. The number of imidazole rings is 1. The van der Waals surface area contributed by atoms with Crippen molar-refractivity contribution < 1.29 is 18.4 Å². The molecule has 0 saturated heterocycles. The Morgan fingerprint density at radius 3 is 2.96 bits per heavy atom. The summed E-state index contributed by atoms with van der Waals surface area (Å²) >= 11 is 7.37. The second kappa shape index (κ2) is 6.01. The van der Waals surface area contributed by atoms with Gasteiger partial charge in [-0.1, -0.05) is 11.6 Å². The molecule has 0 spiro atoms. The Hall–Kier alpha value is -2.65. The molecule has 0 N–H and O–H groups in total. The van der Waals surface area contributed by atoms with Crippen LogP contribution in [0.15, 0.2) is 26.5 Å². The van der Waals surface area contributed by atoms with Crippen LogP contribution in [0.1, 0.15) is 27.9 Å². The molecule has 0 aromatic carbocycles. The molecule has 0 fully saturated rings. The maximum Gasteiger partial charge on any atom is 0.359 e. The van der Waals surface area contributed by atoms with Gasteiger partial charge in [-0.15, -0.1) is 21.5 Å². The third-order valence-electron chi connectivity index (χ3n) is 3.48. The summed E-state index contributed by atoms with van der Waals surface area (Å²) in [6.45, 7) is 3.46. The molecule has 0 atom stereocenters. The van der Waals surface area contributed by atoms with E-state index in [9.17, 15) is 4.79 Å². The van der Waals surface area contributed by atoms with Crippen molar-refractivity contribution in [1.82, 2.24) is 19.6 Å². The lowest BCUT2D eigenvalue weighted by molar-refractivity contribution is 0.0431. The lowest BCUT2D eigenvalue weighted by atomic mass is 10.2. The number of ether oxygens (including phenoxy) is 1. The predicted octanol–water partition coefficient (Wildman–Crippen LogP) is 3.67. The van der Waals surface area contributed by atoms with Gasteiger partial charge in [0.15, 0.2) is 22.4 Å². The van der Waals surface area contributed by atoms with Crippen molar-refractivity contribution in [3.63, 3.8) is 0 Å². The van der Waals surface area contributed by atoms with Gasteiger partial charge in [0.25, 0.3) is 11.8 Å². The molecule has 0 saturated carbocycles. The lowest BCUT2D eigenvalue weighted by Gasteiger charge is -2.01. The van der Waals surface area contributed by atoms with Crippen LogP contribution in [-0.2, 0) is 11.3 Å². The molecule has 0 aliphatic rings. The van der Waals surface area contributed by atoms with Crippen molar-refractivity contribution in [1.29, 1.82) is 0 Å². The Balaban J connectivity index is 1.50. The van der Waals surface area contributed by atoms with E-state index in [0.29, 0.717) is 22.2 Å². The standard InChI is InChI=1S/C15H11ClN4O4S/c1-7-5-9(8(2)23-7)13-19-18-10(24-13)6-22-14(21)11-12(16)17-15-20(11)3-4-25-15/h3-5H,6H2,1-2H3. The normalized spacial score (nSPS) is 11.3. The van der Waals surface area contributed by atoms with Crippen LogP contribution in [0.2, 0.25) is 5.15 Å². The molecular weight excluding hydrogens is 368 g/mol. The molecule has 0 amide bonds. The summed E-state index contributed by atoms with van der Waals surface area (Å²) < 4.78 is 17.7. The summed E-state index contributed by atoms with van der Waals surface area (Å²) in [7, 11) is 0. The van der Waals surface area contributed by atoms with Crippen LogP contribution in [0.25, 0.3) is 16.4 Å². The summed E-state index contributed by atoms with van der Waals surface area (Å²) in [5.74, 6) is 1.28. The number of hydrogen-bond donors (Lipinski definition) is 0. The Morgan fingerprint density at radius 2 is 2.20 bits per heavy atom. The van der Waals surface area contributed by atoms with E-state index in [1.165, 1.54) is 11.3 Å². The molecular formula is C15H11ClN4O4S. The minimum atomic E-state index is -0.619. The number of fused-ring (bicyclic) bond motifs is 1. The van der Waals surface area contributed by atoms with Crippen molar-refractivity contribution >= 4 is 33.9 Å². The van der Waals surface area contributed by atoms with Gasteiger partial charge in [0, 0.05) is 11.6 Å². The van der Waals surface area contributed by atoms with Crippen LogP contribution in [0, 0.1) is 13.8 Å². The highest BCUT2D eigenvalue weighted by Gasteiger charge is 2.21. The second-order valence-electron chi connectivity index (χ2n) is 5.21. The zero-order valence-electron chi connectivity index (χ0n) is 13.1. The number of rotatable bonds is 4. The predicted molar refractivity (Wildman–Crippen MR) is 88.7 cm³/mol. The molecule has 4 rings (SSSR count). The minimum Gasteiger partial charge on any atom is -0.466 e. The van der Waals surface area contributed by atoms with Crippen LogP contribution < -0.4 is 0 Å². The van der Waals surface area contributed by atoms with E-state index >= 15 is 0 Å². The van der Waals surface area contributed by atoms with Gasteiger partial charge in [-0.3, -0.25) is 4.40 Å². The number of furan rings is 1. The number of nitrogens with zero attached hydrogens (tertiary/aromatic N) is 4. The molecule has 4 aromatic heterocycles. The van der Waals surface area contributed by atoms with Crippen LogP contribution in [0.5, 0.6) is 0 Å². The van der Waals surface area contributed by atoms with Crippen molar-refractivity contribution in [3.05, 3.63) is 45.9 Å². The SMILES string of the molecule is Cc1cc(-c2nnc(COC(=O)c3c(Cl)nc4sccn34)o2)c(C)o1. The van der Waals surface area contributed by atoms with Gasteiger partial charge < -0.3 is 13.6 Å². The van der Waals surface area contributed by atoms with Crippen LogP contribution in [0.3, 0.4) is 0 Å².